The van der Waals surface area contributed by atoms with Gasteiger partial charge in [0, 0.05) is 25.2 Å². The van der Waals surface area contributed by atoms with Gasteiger partial charge >= 0.3 is 0 Å². The van der Waals surface area contributed by atoms with Gasteiger partial charge in [-0.2, -0.15) is 0 Å². The largest absolute Gasteiger partial charge is 0.462 e. The van der Waals surface area contributed by atoms with E-state index in [-0.39, 0.29) is 0 Å². The molecule has 2 aliphatic heterocycles. The number of hydrogen-bond acceptors (Lipinski definition) is 4. The minimum absolute atomic E-state index is 0.923. The molecular formula is C20H29N3O. The average Bonchev–Trinajstić information content (AvgIpc) is 2.84. The molecule has 130 valence electrons. The molecule has 0 radical (unpaired) electrons. The van der Waals surface area contributed by atoms with Gasteiger partial charge in [0.25, 0.3) is 0 Å². The van der Waals surface area contributed by atoms with Crippen molar-refractivity contribution in [2.45, 2.75) is 25.8 Å². The van der Waals surface area contributed by atoms with Gasteiger partial charge in [-0.15, -0.1) is 0 Å². The van der Waals surface area contributed by atoms with Gasteiger partial charge in [0.05, 0.1) is 5.70 Å². The Balaban J connectivity index is 1.43. The molecule has 2 aliphatic rings. The summed E-state index contributed by atoms with van der Waals surface area (Å²) >= 11 is 0. The van der Waals surface area contributed by atoms with Crippen molar-refractivity contribution in [2.75, 3.05) is 40.3 Å². The molecule has 4 heteroatoms. The number of rotatable bonds is 8. The van der Waals surface area contributed by atoms with E-state index in [2.05, 4.69) is 47.4 Å². The van der Waals surface area contributed by atoms with Crippen LogP contribution in [0.25, 0.3) is 0 Å². The number of hydrogen-bond donors (Lipinski definition) is 1. The summed E-state index contributed by atoms with van der Waals surface area (Å²) in [6, 6.07) is 8.30. The third-order valence-corrected chi connectivity index (χ3v) is 4.63. The highest BCUT2D eigenvalue weighted by Gasteiger charge is 2.23. The molecule has 0 fully saturated rings. The Morgan fingerprint density at radius 3 is 2.92 bits per heavy atom. The van der Waals surface area contributed by atoms with Crippen molar-refractivity contribution < 1.29 is 4.74 Å². The lowest BCUT2D eigenvalue weighted by molar-refractivity contribution is 0.389. The predicted octanol–water partition coefficient (Wildman–Crippen LogP) is 2.98. The molecule has 0 saturated heterocycles. The maximum absolute atomic E-state index is 5.90. The Morgan fingerprint density at radius 2 is 2.04 bits per heavy atom. The first-order valence-electron chi connectivity index (χ1n) is 8.98. The SMILES string of the molecule is CN(C)CCCCCNCC1=CCN2Cc3ccccc3OC=C12. The fourth-order valence-electron chi connectivity index (χ4n) is 3.24. The fourth-order valence-corrected chi connectivity index (χ4v) is 3.24. The van der Waals surface area contributed by atoms with Crippen LogP contribution in [-0.4, -0.2) is 50.1 Å². The molecule has 0 atom stereocenters. The minimum atomic E-state index is 0.923. The lowest BCUT2D eigenvalue weighted by atomic mass is 10.2. The van der Waals surface area contributed by atoms with Crippen molar-refractivity contribution in [1.29, 1.82) is 0 Å². The van der Waals surface area contributed by atoms with E-state index in [4.69, 9.17) is 4.74 Å². The van der Waals surface area contributed by atoms with Crippen molar-refractivity contribution in [2.24, 2.45) is 0 Å². The number of nitrogens with one attached hydrogen (secondary N) is 1. The van der Waals surface area contributed by atoms with Crippen molar-refractivity contribution in [3.63, 3.8) is 0 Å². The number of fused-ring (bicyclic) bond motifs is 2. The first-order valence-corrected chi connectivity index (χ1v) is 8.98. The Kier molecular flexibility index (Phi) is 5.94. The standard InChI is InChI=1S/C20H29N3O/c1-22(2)12-7-3-6-11-21-14-17-10-13-23-15-18-8-4-5-9-20(18)24-16-19(17)23/h4-5,8-10,16,21H,3,6-7,11-15H2,1-2H3. The second-order valence-corrected chi connectivity index (χ2v) is 6.88. The molecule has 0 amide bonds. The topological polar surface area (TPSA) is 27.7 Å². The van der Waals surface area contributed by atoms with Crippen LogP contribution in [0.3, 0.4) is 0 Å². The summed E-state index contributed by atoms with van der Waals surface area (Å²) in [7, 11) is 4.27. The van der Waals surface area contributed by atoms with Gasteiger partial charge in [0.2, 0.25) is 0 Å². The molecule has 0 spiro atoms. The van der Waals surface area contributed by atoms with Crippen LogP contribution in [0.4, 0.5) is 0 Å². The van der Waals surface area contributed by atoms with E-state index in [0.717, 1.165) is 31.9 Å². The molecule has 0 aromatic heterocycles. The van der Waals surface area contributed by atoms with Gasteiger partial charge in [0.1, 0.15) is 12.0 Å². The van der Waals surface area contributed by atoms with E-state index in [9.17, 15) is 0 Å². The Hall–Kier alpha value is -1.78. The molecule has 1 aromatic carbocycles. The van der Waals surface area contributed by atoms with Gasteiger partial charge in [-0.05, 0) is 51.7 Å². The number of unbranched alkanes of at least 4 members (excludes halogenated alkanes) is 2. The number of ether oxygens (including phenoxy) is 1. The van der Waals surface area contributed by atoms with Crippen LogP contribution in [0.1, 0.15) is 24.8 Å². The molecular weight excluding hydrogens is 298 g/mol. The van der Waals surface area contributed by atoms with E-state index in [0.29, 0.717) is 0 Å². The summed E-state index contributed by atoms with van der Waals surface area (Å²) in [5.74, 6) is 0.979. The lowest BCUT2D eigenvalue weighted by Crippen LogP contribution is -2.22. The second-order valence-electron chi connectivity index (χ2n) is 6.88. The van der Waals surface area contributed by atoms with Crippen molar-refractivity contribution >= 4 is 0 Å². The normalized spacial score (nSPS) is 16.2. The Labute approximate surface area is 145 Å². The van der Waals surface area contributed by atoms with E-state index in [1.165, 1.54) is 42.6 Å². The molecule has 3 rings (SSSR count). The van der Waals surface area contributed by atoms with Gasteiger partial charge in [-0.1, -0.05) is 30.7 Å². The molecule has 0 bridgehead atoms. The zero-order valence-electron chi connectivity index (χ0n) is 14.9. The van der Waals surface area contributed by atoms with Crippen LogP contribution >= 0.6 is 0 Å². The first kappa shape index (κ1) is 17.1. The number of benzene rings is 1. The zero-order valence-corrected chi connectivity index (χ0v) is 14.9. The maximum atomic E-state index is 5.90. The highest BCUT2D eigenvalue weighted by atomic mass is 16.5. The highest BCUT2D eigenvalue weighted by Crippen LogP contribution is 2.31. The molecule has 0 saturated carbocycles. The summed E-state index contributed by atoms with van der Waals surface area (Å²) in [4.78, 5) is 4.64. The summed E-state index contributed by atoms with van der Waals surface area (Å²) in [6.45, 7) is 5.09. The molecule has 1 aromatic rings. The smallest absolute Gasteiger partial charge is 0.131 e. The number of para-hydroxylation sites is 1. The lowest BCUT2D eigenvalue weighted by Gasteiger charge is -2.19. The quantitative estimate of drug-likeness (QED) is 0.743. The fraction of sp³-hybridized carbons (Fsp3) is 0.500. The summed E-state index contributed by atoms with van der Waals surface area (Å²) in [6.07, 6.45) is 8.05. The summed E-state index contributed by atoms with van der Waals surface area (Å²) in [5, 5.41) is 3.59. The molecule has 1 N–H and O–H groups in total. The van der Waals surface area contributed by atoms with E-state index in [1.807, 2.05) is 18.4 Å². The summed E-state index contributed by atoms with van der Waals surface area (Å²) < 4.78 is 5.90. The van der Waals surface area contributed by atoms with Crippen LogP contribution in [0.2, 0.25) is 0 Å². The predicted molar refractivity (Wildman–Crippen MR) is 98.9 cm³/mol. The van der Waals surface area contributed by atoms with E-state index in [1.54, 1.807) is 0 Å². The van der Waals surface area contributed by atoms with Crippen LogP contribution in [-0.2, 0) is 6.54 Å². The van der Waals surface area contributed by atoms with Crippen molar-refractivity contribution in [3.05, 3.63) is 53.4 Å². The van der Waals surface area contributed by atoms with E-state index < -0.39 is 0 Å². The average molecular weight is 327 g/mol. The van der Waals surface area contributed by atoms with Crippen LogP contribution in [0, 0.1) is 0 Å². The van der Waals surface area contributed by atoms with E-state index >= 15 is 0 Å². The summed E-state index contributed by atoms with van der Waals surface area (Å²) in [5.41, 5.74) is 3.84. The first-order chi connectivity index (χ1) is 11.7. The second kappa shape index (κ2) is 8.36. The van der Waals surface area contributed by atoms with Gasteiger partial charge in [-0.25, -0.2) is 0 Å². The molecule has 0 aliphatic carbocycles. The molecule has 4 nitrogen and oxygen atoms in total. The Morgan fingerprint density at radius 1 is 1.17 bits per heavy atom. The monoisotopic (exact) mass is 327 g/mol. The van der Waals surface area contributed by atoms with Crippen molar-refractivity contribution in [3.8, 4) is 5.75 Å². The van der Waals surface area contributed by atoms with Crippen LogP contribution in [0.15, 0.2) is 47.9 Å². The maximum Gasteiger partial charge on any atom is 0.131 e. The van der Waals surface area contributed by atoms with Gasteiger partial charge in [0.15, 0.2) is 0 Å². The van der Waals surface area contributed by atoms with Crippen LogP contribution in [0.5, 0.6) is 5.75 Å². The zero-order chi connectivity index (χ0) is 16.8. The van der Waals surface area contributed by atoms with Crippen LogP contribution < -0.4 is 10.1 Å². The number of nitrogens with zero attached hydrogens (tertiary/aromatic N) is 2. The molecule has 2 heterocycles. The molecule has 24 heavy (non-hydrogen) atoms. The van der Waals surface area contributed by atoms with Gasteiger partial charge < -0.3 is 19.9 Å². The highest BCUT2D eigenvalue weighted by molar-refractivity contribution is 5.42. The Bertz CT molecular complexity index is 607. The minimum Gasteiger partial charge on any atom is -0.462 e. The third-order valence-electron chi connectivity index (χ3n) is 4.63. The van der Waals surface area contributed by atoms with Crippen molar-refractivity contribution in [1.82, 2.24) is 15.1 Å². The van der Waals surface area contributed by atoms with Gasteiger partial charge in [-0.3, -0.25) is 0 Å². The third kappa shape index (κ3) is 4.40. The molecule has 0 unspecified atom stereocenters.